The minimum absolute atomic E-state index is 0.0169. The van der Waals surface area contributed by atoms with Gasteiger partial charge in [-0.1, -0.05) is 0 Å². The van der Waals surface area contributed by atoms with Crippen LogP contribution in [0, 0.1) is 0 Å². The number of ether oxygens (including phenoxy) is 2. The van der Waals surface area contributed by atoms with Crippen molar-refractivity contribution in [2.45, 2.75) is 13.0 Å². The Morgan fingerprint density at radius 3 is 2.38 bits per heavy atom. The third-order valence-electron chi connectivity index (χ3n) is 3.21. The number of methoxy groups -OCH3 is 2. The summed E-state index contributed by atoms with van der Waals surface area (Å²) in [6.45, 7) is 1.79. The summed E-state index contributed by atoms with van der Waals surface area (Å²) in [5.74, 6) is 1.33. The van der Waals surface area contributed by atoms with E-state index in [1.807, 2.05) is 0 Å². The molecule has 0 spiro atoms. The Kier molecular flexibility index (Phi) is 3.99. The topological polar surface area (TPSA) is 96.4 Å². The molecule has 1 unspecified atom stereocenters. The van der Waals surface area contributed by atoms with Gasteiger partial charge in [0.2, 0.25) is 5.95 Å². The summed E-state index contributed by atoms with van der Waals surface area (Å²) in [6, 6.07) is 3.13. The highest BCUT2D eigenvalue weighted by Gasteiger charge is 2.20. The zero-order valence-electron chi connectivity index (χ0n) is 12.5. The van der Waals surface area contributed by atoms with E-state index < -0.39 is 9.84 Å². The molecule has 21 heavy (non-hydrogen) atoms. The lowest BCUT2D eigenvalue weighted by Gasteiger charge is -2.15. The van der Waals surface area contributed by atoms with E-state index in [0.717, 1.165) is 0 Å². The van der Waals surface area contributed by atoms with Crippen molar-refractivity contribution < 1.29 is 17.9 Å². The van der Waals surface area contributed by atoms with Crippen LogP contribution in [0.25, 0.3) is 11.0 Å². The van der Waals surface area contributed by atoms with Crippen molar-refractivity contribution in [1.29, 1.82) is 0 Å². The fourth-order valence-corrected chi connectivity index (χ4v) is 3.44. The Bertz CT molecular complexity index is 767. The number of hydrogen-bond donors (Lipinski definition) is 1. The van der Waals surface area contributed by atoms with Crippen LogP contribution in [0.4, 0.5) is 5.95 Å². The zero-order chi connectivity index (χ0) is 15.8. The van der Waals surface area contributed by atoms with Crippen LogP contribution >= 0.6 is 0 Å². The Morgan fingerprint density at radius 2 is 1.86 bits per heavy atom. The van der Waals surface area contributed by atoms with Gasteiger partial charge >= 0.3 is 0 Å². The fourth-order valence-electron chi connectivity index (χ4n) is 2.42. The summed E-state index contributed by atoms with van der Waals surface area (Å²) in [5, 5.41) is 0. The van der Waals surface area contributed by atoms with Gasteiger partial charge in [-0.25, -0.2) is 13.4 Å². The van der Waals surface area contributed by atoms with Gasteiger partial charge in [-0.2, -0.15) is 0 Å². The largest absolute Gasteiger partial charge is 0.493 e. The molecule has 1 aromatic carbocycles. The first-order valence-electron chi connectivity index (χ1n) is 6.34. The minimum atomic E-state index is -3.12. The van der Waals surface area contributed by atoms with Crippen molar-refractivity contribution in [1.82, 2.24) is 9.55 Å². The molecule has 116 valence electrons. The van der Waals surface area contributed by atoms with Gasteiger partial charge in [0.15, 0.2) is 11.5 Å². The second kappa shape index (κ2) is 5.44. The average molecular weight is 313 g/mol. The lowest BCUT2D eigenvalue weighted by Crippen LogP contribution is -2.18. The maximum Gasteiger partial charge on any atom is 0.201 e. The minimum Gasteiger partial charge on any atom is -0.493 e. The molecule has 0 aliphatic rings. The average Bonchev–Trinajstić information content (AvgIpc) is 2.69. The number of hydrogen-bond acceptors (Lipinski definition) is 6. The van der Waals surface area contributed by atoms with Gasteiger partial charge in [-0.15, -0.1) is 0 Å². The molecular formula is C13H19N3O4S. The molecule has 2 N–H and O–H groups in total. The van der Waals surface area contributed by atoms with Crippen LogP contribution < -0.4 is 15.2 Å². The van der Waals surface area contributed by atoms with Crippen molar-refractivity contribution >= 4 is 26.8 Å². The number of nitrogens with zero attached hydrogens (tertiary/aromatic N) is 2. The number of fused-ring (bicyclic) bond motifs is 1. The molecule has 0 radical (unpaired) electrons. The van der Waals surface area contributed by atoms with E-state index in [4.69, 9.17) is 15.2 Å². The van der Waals surface area contributed by atoms with Gasteiger partial charge in [-0.05, 0) is 6.92 Å². The number of nitrogens with two attached hydrogens (primary N) is 1. The van der Waals surface area contributed by atoms with Crippen LogP contribution in [0.5, 0.6) is 11.5 Å². The molecule has 0 saturated heterocycles. The highest BCUT2D eigenvalue weighted by Crippen LogP contribution is 2.34. The van der Waals surface area contributed by atoms with E-state index in [1.165, 1.54) is 20.5 Å². The quantitative estimate of drug-likeness (QED) is 0.892. The summed E-state index contributed by atoms with van der Waals surface area (Å²) in [6.07, 6.45) is 1.20. The van der Waals surface area contributed by atoms with Gasteiger partial charge < -0.3 is 19.8 Å². The monoisotopic (exact) mass is 313 g/mol. The van der Waals surface area contributed by atoms with Crippen LogP contribution in [0.1, 0.15) is 13.0 Å². The molecule has 8 heteroatoms. The number of imidazole rings is 1. The second-order valence-electron chi connectivity index (χ2n) is 4.98. The molecule has 2 aromatic rings. The van der Waals surface area contributed by atoms with Crippen LogP contribution in [0.2, 0.25) is 0 Å². The third-order valence-corrected chi connectivity index (χ3v) is 4.29. The van der Waals surface area contributed by atoms with Crippen LogP contribution in [0.3, 0.4) is 0 Å². The predicted octanol–water partition coefficient (Wildman–Crippen LogP) is 1.24. The highest BCUT2D eigenvalue weighted by molar-refractivity contribution is 7.90. The molecule has 0 bridgehead atoms. The van der Waals surface area contributed by atoms with E-state index in [9.17, 15) is 8.42 Å². The summed E-state index contributed by atoms with van der Waals surface area (Å²) in [5.41, 5.74) is 7.27. The Labute approximate surface area is 123 Å². The number of aromatic nitrogens is 2. The highest BCUT2D eigenvalue weighted by atomic mass is 32.2. The van der Waals surface area contributed by atoms with Gasteiger partial charge in [0.25, 0.3) is 0 Å². The standard InChI is InChI=1S/C13H19N3O4S/c1-8(7-21(4,17)18)16-10-6-12(20-3)11(19-2)5-9(10)15-13(16)14/h5-6,8H,7H2,1-4H3,(H2,14,15). The van der Waals surface area contributed by atoms with Gasteiger partial charge in [0.1, 0.15) is 9.84 Å². The number of benzene rings is 1. The number of nitrogen functional groups attached to an aromatic ring is 1. The summed E-state index contributed by atoms with van der Waals surface area (Å²) >= 11 is 0. The zero-order valence-corrected chi connectivity index (χ0v) is 13.3. The summed E-state index contributed by atoms with van der Waals surface area (Å²) in [4.78, 5) is 4.26. The molecule has 0 aliphatic heterocycles. The van der Waals surface area contributed by atoms with E-state index in [-0.39, 0.29) is 17.7 Å². The first-order valence-corrected chi connectivity index (χ1v) is 8.40. The van der Waals surface area contributed by atoms with E-state index in [1.54, 1.807) is 23.6 Å². The Balaban J connectivity index is 2.61. The van der Waals surface area contributed by atoms with Crippen molar-refractivity contribution in [2.75, 3.05) is 32.0 Å². The van der Waals surface area contributed by atoms with E-state index in [2.05, 4.69) is 4.98 Å². The Hall–Kier alpha value is -1.96. The van der Waals surface area contributed by atoms with Crippen LogP contribution in [-0.4, -0.2) is 44.2 Å². The Morgan fingerprint density at radius 1 is 1.29 bits per heavy atom. The fraction of sp³-hybridized carbons (Fsp3) is 0.462. The summed E-state index contributed by atoms with van der Waals surface area (Å²) < 4.78 is 35.2. The van der Waals surface area contributed by atoms with Gasteiger partial charge in [-0.3, -0.25) is 0 Å². The smallest absolute Gasteiger partial charge is 0.201 e. The van der Waals surface area contributed by atoms with Crippen LogP contribution in [0.15, 0.2) is 12.1 Å². The molecule has 1 aromatic heterocycles. The van der Waals surface area contributed by atoms with Crippen molar-refractivity contribution in [3.63, 3.8) is 0 Å². The molecule has 1 atom stereocenters. The summed E-state index contributed by atoms with van der Waals surface area (Å²) in [7, 11) is -0.0500. The number of sulfone groups is 1. The molecule has 2 rings (SSSR count). The molecule has 0 amide bonds. The second-order valence-corrected chi connectivity index (χ2v) is 7.16. The maximum atomic E-state index is 11.5. The lowest BCUT2D eigenvalue weighted by molar-refractivity contribution is 0.355. The van der Waals surface area contributed by atoms with Gasteiger partial charge in [0.05, 0.1) is 31.0 Å². The normalized spacial score (nSPS) is 13.3. The third kappa shape index (κ3) is 3.05. The number of anilines is 1. The first kappa shape index (κ1) is 15.4. The molecule has 0 fully saturated rings. The van der Waals surface area contributed by atoms with E-state index in [0.29, 0.717) is 22.5 Å². The molecule has 0 saturated carbocycles. The number of rotatable bonds is 5. The SMILES string of the molecule is COc1cc2nc(N)n(C(C)CS(C)(=O)=O)c2cc1OC. The first-order chi connectivity index (χ1) is 9.76. The van der Waals surface area contributed by atoms with E-state index >= 15 is 0 Å². The molecular weight excluding hydrogens is 294 g/mol. The van der Waals surface area contributed by atoms with Gasteiger partial charge in [0, 0.05) is 24.4 Å². The van der Waals surface area contributed by atoms with Crippen molar-refractivity contribution in [2.24, 2.45) is 0 Å². The molecule has 1 heterocycles. The maximum absolute atomic E-state index is 11.5. The van der Waals surface area contributed by atoms with Crippen molar-refractivity contribution in [3.05, 3.63) is 12.1 Å². The predicted molar refractivity (Wildman–Crippen MR) is 81.7 cm³/mol. The molecule has 7 nitrogen and oxygen atoms in total. The van der Waals surface area contributed by atoms with Crippen LogP contribution in [-0.2, 0) is 9.84 Å². The van der Waals surface area contributed by atoms with Crippen molar-refractivity contribution in [3.8, 4) is 11.5 Å². The molecule has 0 aliphatic carbocycles. The lowest BCUT2D eigenvalue weighted by atomic mass is 10.2.